The van der Waals surface area contributed by atoms with Crippen molar-refractivity contribution in [2.75, 3.05) is 31.1 Å². The van der Waals surface area contributed by atoms with Crippen LogP contribution in [-0.4, -0.2) is 38.5 Å². The summed E-state index contributed by atoms with van der Waals surface area (Å²) in [6.45, 7) is 0. The molecule has 1 aliphatic rings. The number of hydrogen-bond acceptors (Lipinski definition) is 5. The molecular weight excluding hydrogens is 412 g/mol. The van der Waals surface area contributed by atoms with Crippen molar-refractivity contribution in [1.82, 2.24) is 0 Å². The Hall–Kier alpha value is -3.64. The molecule has 3 aromatic rings. The monoisotopic (exact) mass is 432 g/mol. The van der Waals surface area contributed by atoms with Gasteiger partial charge in [0, 0.05) is 30.4 Å². The number of rotatable bonds is 5. The van der Waals surface area contributed by atoms with Gasteiger partial charge < -0.3 is 9.64 Å². The van der Waals surface area contributed by atoms with E-state index in [4.69, 9.17) is 16.3 Å². The van der Waals surface area contributed by atoms with Gasteiger partial charge in [-0.3, -0.25) is 4.79 Å². The first kappa shape index (κ1) is 20.6. The van der Waals surface area contributed by atoms with Gasteiger partial charge in [0.25, 0.3) is 5.91 Å². The van der Waals surface area contributed by atoms with E-state index >= 15 is 0 Å². The molecule has 0 fully saturated rings. The predicted octanol–water partition coefficient (Wildman–Crippen LogP) is 4.94. The third-order valence-corrected chi connectivity index (χ3v) is 5.11. The van der Waals surface area contributed by atoms with Gasteiger partial charge in [-0.15, -0.1) is 0 Å². The van der Waals surface area contributed by atoms with Gasteiger partial charge in [-0.25, -0.2) is 4.99 Å². The van der Waals surface area contributed by atoms with Crippen LogP contribution < -0.4 is 14.6 Å². The maximum Gasteiger partial charge on any atom is 0.299 e. The van der Waals surface area contributed by atoms with Crippen molar-refractivity contribution in [3.63, 3.8) is 0 Å². The zero-order valence-corrected chi connectivity index (χ0v) is 18.2. The quantitative estimate of drug-likeness (QED) is 0.573. The number of carbonyl (C=O) groups excluding carboxylic acids is 1. The zero-order chi connectivity index (χ0) is 22.0. The lowest BCUT2D eigenvalue weighted by Crippen LogP contribution is -2.27. The molecule has 3 aromatic carbocycles. The molecule has 31 heavy (non-hydrogen) atoms. The Morgan fingerprint density at radius 1 is 0.935 bits per heavy atom. The number of hydrazone groups is 1. The van der Waals surface area contributed by atoms with Crippen LogP contribution in [0, 0.1) is 0 Å². The number of aliphatic imine (C=N–C) groups is 1. The number of anilines is 2. The van der Waals surface area contributed by atoms with E-state index in [1.54, 1.807) is 31.4 Å². The molecule has 6 nitrogen and oxygen atoms in total. The van der Waals surface area contributed by atoms with Crippen molar-refractivity contribution in [3.8, 4) is 5.75 Å². The highest BCUT2D eigenvalue weighted by atomic mass is 35.5. The summed E-state index contributed by atoms with van der Waals surface area (Å²) >= 11 is 6.00. The lowest BCUT2D eigenvalue weighted by molar-refractivity contribution is -0.112. The average Bonchev–Trinajstić information content (AvgIpc) is 3.11. The molecule has 0 spiro atoms. The van der Waals surface area contributed by atoms with Gasteiger partial charge in [0.15, 0.2) is 5.71 Å². The number of carbonyl (C=O) groups is 1. The molecule has 0 saturated carbocycles. The van der Waals surface area contributed by atoms with Gasteiger partial charge in [-0.1, -0.05) is 11.6 Å². The molecule has 0 aliphatic carbocycles. The first-order chi connectivity index (χ1) is 15.0. The molecule has 0 saturated heterocycles. The van der Waals surface area contributed by atoms with Crippen molar-refractivity contribution in [1.29, 1.82) is 0 Å². The summed E-state index contributed by atoms with van der Waals surface area (Å²) in [6, 6.07) is 22.0. The van der Waals surface area contributed by atoms with Gasteiger partial charge in [0.2, 0.25) is 0 Å². The summed E-state index contributed by atoms with van der Waals surface area (Å²) in [5.74, 6) is 0.422. The second kappa shape index (κ2) is 8.62. The first-order valence-electron chi connectivity index (χ1n) is 9.66. The van der Waals surface area contributed by atoms with Crippen LogP contribution in [0.5, 0.6) is 5.75 Å². The Kier molecular flexibility index (Phi) is 5.73. The number of methoxy groups -OCH3 is 1. The number of amides is 1. The molecule has 0 bridgehead atoms. The van der Waals surface area contributed by atoms with Gasteiger partial charge in [-0.05, 0) is 72.8 Å². The number of benzene rings is 3. The fourth-order valence-corrected chi connectivity index (χ4v) is 3.28. The van der Waals surface area contributed by atoms with Crippen LogP contribution in [-0.2, 0) is 4.79 Å². The summed E-state index contributed by atoms with van der Waals surface area (Å²) in [6.07, 6.45) is 0. The second-order valence-corrected chi connectivity index (χ2v) is 7.58. The molecule has 0 atom stereocenters. The minimum Gasteiger partial charge on any atom is -0.497 e. The van der Waals surface area contributed by atoms with Gasteiger partial charge >= 0.3 is 0 Å². The van der Waals surface area contributed by atoms with Crippen molar-refractivity contribution in [3.05, 3.63) is 83.4 Å². The lowest BCUT2D eigenvalue weighted by atomic mass is 10.1. The minimum atomic E-state index is -0.301. The van der Waals surface area contributed by atoms with Crippen LogP contribution in [0.3, 0.4) is 0 Å². The van der Waals surface area contributed by atoms with Crippen LogP contribution in [0.15, 0.2) is 82.9 Å². The van der Waals surface area contributed by atoms with Crippen LogP contribution in [0.4, 0.5) is 17.1 Å². The number of nitrogens with zero attached hydrogens (tertiary/aromatic N) is 4. The smallest absolute Gasteiger partial charge is 0.299 e. The fourth-order valence-electron chi connectivity index (χ4n) is 3.15. The molecule has 1 amide bonds. The minimum absolute atomic E-state index is 0.276. The van der Waals surface area contributed by atoms with Gasteiger partial charge in [0.1, 0.15) is 11.5 Å². The molecule has 0 unspecified atom stereocenters. The van der Waals surface area contributed by atoms with Crippen LogP contribution in [0.2, 0.25) is 5.02 Å². The number of hydrogen-bond donors (Lipinski definition) is 0. The third kappa shape index (κ3) is 4.29. The Morgan fingerprint density at radius 2 is 1.58 bits per heavy atom. The lowest BCUT2D eigenvalue weighted by Gasteiger charge is -2.12. The SMILES string of the molecule is COc1ccc(C2=NN(c3ccc(Cl)cc3)C(=O)C2=Nc2ccc(N(C)C)cc2)cc1. The maximum absolute atomic E-state index is 13.3. The summed E-state index contributed by atoms with van der Waals surface area (Å²) in [4.78, 5) is 19.9. The maximum atomic E-state index is 13.3. The van der Waals surface area contributed by atoms with E-state index in [1.165, 1.54) is 5.01 Å². The second-order valence-electron chi connectivity index (χ2n) is 7.14. The van der Waals surface area contributed by atoms with Crippen LogP contribution in [0.25, 0.3) is 0 Å². The third-order valence-electron chi connectivity index (χ3n) is 4.86. The van der Waals surface area contributed by atoms with E-state index in [1.807, 2.05) is 67.5 Å². The summed E-state index contributed by atoms with van der Waals surface area (Å²) in [5.41, 5.74) is 3.89. The molecule has 0 aromatic heterocycles. The highest BCUT2D eigenvalue weighted by Crippen LogP contribution is 2.26. The Morgan fingerprint density at radius 3 is 2.16 bits per heavy atom. The average molecular weight is 433 g/mol. The van der Waals surface area contributed by atoms with Crippen molar-refractivity contribution in [2.45, 2.75) is 0 Å². The molecule has 4 rings (SSSR count). The highest BCUT2D eigenvalue weighted by Gasteiger charge is 2.34. The van der Waals surface area contributed by atoms with Crippen LogP contribution >= 0.6 is 11.6 Å². The molecule has 1 heterocycles. The molecule has 0 radical (unpaired) electrons. The molecule has 7 heteroatoms. The van der Waals surface area contributed by atoms with E-state index in [9.17, 15) is 4.79 Å². The number of ether oxygens (including phenoxy) is 1. The molecule has 156 valence electrons. The normalized spacial score (nSPS) is 14.7. The first-order valence-corrected chi connectivity index (χ1v) is 10.0. The van der Waals surface area contributed by atoms with E-state index in [2.05, 4.69) is 10.1 Å². The van der Waals surface area contributed by atoms with E-state index < -0.39 is 0 Å². The van der Waals surface area contributed by atoms with E-state index in [0.717, 1.165) is 17.0 Å². The zero-order valence-electron chi connectivity index (χ0n) is 17.4. The van der Waals surface area contributed by atoms with Crippen molar-refractivity contribution < 1.29 is 9.53 Å². The predicted molar refractivity (Wildman–Crippen MR) is 126 cm³/mol. The Bertz CT molecular complexity index is 1150. The number of halogens is 1. The summed E-state index contributed by atoms with van der Waals surface area (Å²) < 4.78 is 5.24. The molecule has 0 N–H and O–H groups in total. The Labute approximate surface area is 186 Å². The van der Waals surface area contributed by atoms with E-state index in [0.29, 0.717) is 22.1 Å². The Balaban J connectivity index is 1.77. The fraction of sp³-hybridized carbons (Fsp3) is 0.125. The van der Waals surface area contributed by atoms with Crippen LogP contribution in [0.1, 0.15) is 5.56 Å². The summed E-state index contributed by atoms with van der Waals surface area (Å²) in [5, 5.41) is 6.53. The van der Waals surface area contributed by atoms with Crippen molar-refractivity contribution in [2.24, 2.45) is 10.1 Å². The topological polar surface area (TPSA) is 57.5 Å². The molecular formula is C24H21ClN4O2. The largest absolute Gasteiger partial charge is 0.497 e. The molecule has 1 aliphatic heterocycles. The van der Waals surface area contributed by atoms with Crippen molar-refractivity contribution >= 4 is 46.0 Å². The highest BCUT2D eigenvalue weighted by molar-refractivity contribution is 6.74. The summed E-state index contributed by atoms with van der Waals surface area (Å²) in [7, 11) is 5.55. The van der Waals surface area contributed by atoms with Gasteiger partial charge in [-0.2, -0.15) is 10.1 Å². The van der Waals surface area contributed by atoms with Gasteiger partial charge in [0.05, 0.1) is 18.5 Å². The standard InChI is InChI=1S/C24H21ClN4O2/c1-28(2)19-12-8-18(9-13-19)26-23-22(16-4-14-21(31-3)15-5-16)27-29(24(23)30)20-10-6-17(25)7-11-20/h4-15H,1-3H3. The van der Waals surface area contributed by atoms with E-state index in [-0.39, 0.29) is 11.6 Å².